The Hall–Kier alpha value is -2.93. The fraction of sp³-hybridized carbons (Fsp3) is 0. The van der Waals surface area contributed by atoms with Gasteiger partial charge in [-0.1, -0.05) is 78.9 Å². The molecular weight excluding hydrogens is 268 g/mol. The van der Waals surface area contributed by atoms with Crippen LogP contribution in [0.25, 0.3) is 22.4 Å². The minimum atomic E-state index is 0.833. The summed E-state index contributed by atoms with van der Waals surface area (Å²) in [7, 11) is 0. The number of allylic oxidation sites excluding steroid dienone is 3. The molecule has 0 spiro atoms. The Labute approximate surface area is 130 Å². The summed E-state index contributed by atoms with van der Waals surface area (Å²) in [4.78, 5) is 11.0. The summed E-state index contributed by atoms with van der Waals surface area (Å²) >= 11 is 0. The monoisotopic (exact) mass is 284 g/mol. The maximum absolute atomic E-state index is 11.0. The van der Waals surface area contributed by atoms with Gasteiger partial charge in [-0.3, -0.25) is 4.79 Å². The van der Waals surface area contributed by atoms with Gasteiger partial charge < -0.3 is 0 Å². The maximum atomic E-state index is 11.0. The van der Waals surface area contributed by atoms with Crippen LogP contribution in [0.4, 0.5) is 0 Å². The van der Waals surface area contributed by atoms with Crippen LogP contribution in [0.2, 0.25) is 0 Å². The number of rotatable bonds is 4. The molecule has 106 valence electrons. The van der Waals surface area contributed by atoms with Gasteiger partial charge in [0, 0.05) is 0 Å². The first-order valence-electron chi connectivity index (χ1n) is 7.24. The lowest BCUT2D eigenvalue weighted by molar-refractivity contribution is -0.104. The fourth-order valence-corrected chi connectivity index (χ4v) is 2.44. The van der Waals surface area contributed by atoms with Gasteiger partial charge in [0.25, 0.3) is 0 Å². The molecule has 1 nitrogen and oxygen atoms in total. The van der Waals surface area contributed by atoms with Crippen LogP contribution in [-0.4, -0.2) is 6.29 Å². The summed E-state index contributed by atoms with van der Waals surface area (Å²) in [6, 6.07) is 24.5. The molecule has 0 aliphatic carbocycles. The Bertz CT molecular complexity index is 842. The highest BCUT2D eigenvalue weighted by Crippen LogP contribution is 2.22. The van der Waals surface area contributed by atoms with Crippen LogP contribution in [0.3, 0.4) is 0 Å². The molecule has 0 amide bonds. The summed E-state index contributed by atoms with van der Waals surface area (Å²) in [5, 5.41) is 2.37. The molecule has 0 bridgehead atoms. The number of hydrogen-bond acceptors (Lipinski definition) is 1. The number of benzene rings is 3. The SMILES string of the molecule is O=C/C=C(\C=C\c1ccccc1)c1ccc2ccccc2c1. The molecule has 3 aromatic rings. The van der Waals surface area contributed by atoms with Gasteiger partial charge in [-0.2, -0.15) is 0 Å². The van der Waals surface area contributed by atoms with Gasteiger partial charge in [0.1, 0.15) is 6.29 Å². The Kier molecular flexibility index (Phi) is 4.26. The Morgan fingerprint density at radius 3 is 2.27 bits per heavy atom. The summed E-state index contributed by atoms with van der Waals surface area (Å²) in [6.45, 7) is 0. The molecule has 0 aromatic heterocycles. The molecule has 0 unspecified atom stereocenters. The Balaban J connectivity index is 1.98. The molecule has 0 heterocycles. The smallest absolute Gasteiger partial charge is 0.143 e. The van der Waals surface area contributed by atoms with Crippen molar-refractivity contribution in [2.45, 2.75) is 0 Å². The zero-order valence-corrected chi connectivity index (χ0v) is 12.1. The number of aldehydes is 1. The van der Waals surface area contributed by atoms with Crippen LogP contribution < -0.4 is 0 Å². The third kappa shape index (κ3) is 3.21. The minimum absolute atomic E-state index is 0.833. The van der Waals surface area contributed by atoms with E-state index < -0.39 is 0 Å². The van der Waals surface area contributed by atoms with E-state index in [9.17, 15) is 4.79 Å². The van der Waals surface area contributed by atoms with Crippen molar-refractivity contribution < 1.29 is 4.79 Å². The summed E-state index contributed by atoms with van der Waals surface area (Å²) in [5.41, 5.74) is 3.06. The lowest BCUT2D eigenvalue weighted by Gasteiger charge is -2.04. The van der Waals surface area contributed by atoms with Crippen molar-refractivity contribution in [3.63, 3.8) is 0 Å². The topological polar surface area (TPSA) is 17.1 Å². The van der Waals surface area contributed by atoms with Crippen molar-refractivity contribution in [3.8, 4) is 0 Å². The van der Waals surface area contributed by atoms with Crippen molar-refractivity contribution in [2.24, 2.45) is 0 Å². The average molecular weight is 284 g/mol. The third-order valence-corrected chi connectivity index (χ3v) is 3.59. The average Bonchev–Trinajstić information content (AvgIpc) is 2.59. The summed E-state index contributed by atoms with van der Waals surface area (Å²) in [5.74, 6) is 0. The van der Waals surface area contributed by atoms with Crippen LogP contribution in [0.1, 0.15) is 11.1 Å². The van der Waals surface area contributed by atoms with E-state index in [1.54, 1.807) is 6.08 Å². The zero-order chi connectivity index (χ0) is 15.2. The van der Waals surface area contributed by atoms with Crippen molar-refractivity contribution in [1.82, 2.24) is 0 Å². The van der Waals surface area contributed by atoms with E-state index in [1.165, 1.54) is 10.8 Å². The molecular formula is C21H16O. The highest BCUT2D eigenvalue weighted by Gasteiger charge is 2.00. The van der Waals surface area contributed by atoms with Gasteiger partial charge in [-0.15, -0.1) is 0 Å². The fourth-order valence-electron chi connectivity index (χ4n) is 2.44. The number of fused-ring (bicyclic) bond motifs is 1. The van der Waals surface area contributed by atoms with Gasteiger partial charge in [0.15, 0.2) is 0 Å². The Morgan fingerprint density at radius 1 is 0.773 bits per heavy atom. The quantitative estimate of drug-likeness (QED) is 0.368. The van der Waals surface area contributed by atoms with Crippen LogP contribution in [0, 0.1) is 0 Å². The predicted molar refractivity (Wildman–Crippen MR) is 93.5 cm³/mol. The van der Waals surface area contributed by atoms with Crippen molar-refractivity contribution in [1.29, 1.82) is 0 Å². The zero-order valence-electron chi connectivity index (χ0n) is 12.1. The number of carbonyl (C=O) groups excluding carboxylic acids is 1. The molecule has 0 saturated heterocycles. The molecule has 0 aliphatic heterocycles. The lowest BCUT2D eigenvalue weighted by atomic mass is 10.00. The van der Waals surface area contributed by atoms with Crippen molar-refractivity contribution in [2.75, 3.05) is 0 Å². The lowest BCUT2D eigenvalue weighted by Crippen LogP contribution is -1.83. The number of carbonyl (C=O) groups is 1. The molecule has 0 atom stereocenters. The molecule has 22 heavy (non-hydrogen) atoms. The second-order valence-electron chi connectivity index (χ2n) is 5.06. The second-order valence-corrected chi connectivity index (χ2v) is 5.06. The summed E-state index contributed by atoms with van der Waals surface area (Å²) in [6.07, 6.45) is 6.43. The van der Waals surface area contributed by atoms with E-state index in [0.29, 0.717) is 0 Å². The van der Waals surface area contributed by atoms with E-state index in [-0.39, 0.29) is 0 Å². The van der Waals surface area contributed by atoms with Gasteiger partial charge in [-0.05, 0) is 39.6 Å². The van der Waals surface area contributed by atoms with E-state index in [0.717, 1.165) is 23.0 Å². The normalized spacial score (nSPS) is 11.9. The standard InChI is InChI=1S/C21H16O/c22-15-14-19(11-10-17-6-2-1-3-7-17)21-13-12-18-8-4-5-9-20(18)16-21/h1-16H/b11-10+,19-14+. The number of hydrogen-bond donors (Lipinski definition) is 0. The van der Waals surface area contributed by atoms with E-state index >= 15 is 0 Å². The summed E-state index contributed by atoms with van der Waals surface area (Å²) < 4.78 is 0. The maximum Gasteiger partial charge on any atom is 0.143 e. The molecule has 0 N–H and O–H groups in total. The van der Waals surface area contributed by atoms with Crippen molar-refractivity contribution in [3.05, 3.63) is 96.1 Å². The van der Waals surface area contributed by atoms with Gasteiger partial charge in [0.2, 0.25) is 0 Å². The first kappa shape index (κ1) is 14.0. The largest absolute Gasteiger partial charge is 0.299 e. The molecule has 0 saturated carbocycles. The first-order chi connectivity index (χ1) is 10.9. The van der Waals surface area contributed by atoms with Gasteiger partial charge >= 0.3 is 0 Å². The van der Waals surface area contributed by atoms with E-state index in [4.69, 9.17) is 0 Å². The van der Waals surface area contributed by atoms with Crippen LogP contribution in [0.15, 0.2) is 84.9 Å². The highest BCUT2D eigenvalue weighted by atomic mass is 16.1. The predicted octanol–water partition coefficient (Wildman–Crippen LogP) is 5.14. The highest BCUT2D eigenvalue weighted by molar-refractivity contribution is 5.93. The van der Waals surface area contributed by atoms with Crippen LogP contribution >= 0.6 is 0 Å². The minimum Gasteiger partial charge on any atom is -0.299 e. The van der Waals surface area contributed by atoms with Gasteiger partial charge in [-0.25, -0.2) is 0 Å². The molecule has 1 heteroatoms. The second kappa shape index (κ2) is 6.68. The molecule has 0 aliphatic rings. The van der Waals surface area contributed by atoms with E-state index in [1.807, 2.05) is 60.7 Å². The van der Waals surface area contributed by atoms with Crippen LogP contribution in [0.5, 0.6) is 0 Å². The van der Waals surface area contributed by atoms with Crippen LogP contribution in [-0.2, 0) is 4.79 Å². The first-order valence-corrected chi connectivity index (χ1v) is 7.24. The van der Waals surface area contributed by atoms with E-state index in [2.05, 4.69) is 24.3 Å². The van der Waals surface area contributed by atoms with Gasteiger partial charge in [0.05, 0.1) is 0 Å². The van der Waals surface area contributed by atoms with Crippen molar-refractivity contribution >= 4 is 28.7 Å². The molecule has 0 radical (unpaired) electrons. The third-order valence-electron chi connectivity index (χ3n) is 3.59. The molecule has 3 rings (SSSR count). The Morgan fingerprint density at radius 2 is 1.50 bits per heavy atom. The molecule has 3 aromatic carbocycles. The molecule has 0 fully saturated rings.